The molecule has 1 aliphatic rings. The Kier molecular flexibility index (Phi) is 1.95. The molecule has 1 atom stereocenters. The third-order valence-corrected chi connectivity index (χ3v) is 4.25. The topological polar surface area (TPSA) is 0 Å². The van der Waals surface area contributed by atoms with Crippen molar-refractivity contribution in [2.45, 2.75) is 37.7 Å². The lowest BCUT2D eigenvalue weighted by molar-refractivity contribution is 0.792. The monoisotopic (exact) mass is 192 g/mol. The summed E-state index contributed by atoms with van der Waals surface area (Å²) in [4.78, 5) is 0. The standard InChI is InChI=1S/C12H16S/c1-8-6-5-7-10-11(8)9(2)13-12(10,3)4/h5-7,9H,1-4H3. The van der Waals surface area contributed by atoms with Crippen molar-refractivity contribution in [3.63, 3.8) is 0 Å². The van der Waals surface area contributed by atoms with Gasteiger partial charge in [-0.1, -0.05) is 18.2 Å². The predicted molar refractivity (Wildman–Crippen MR) is 60.2 cm³/mol. The van der Waals surface area contributed by atoms with Crippen LogP contribution in [0.15, 0.2) is 18.2 Å². The average molecular weight is 192 g/mol. The lowest BCUT2D eigenvalue weighted by atomic mass is 9.92. The zero-order valence-electron chi connectivity index (χ0n) is 8.72. The molecule has 1 aromatic carbocycles. The minimum Gasteiger partial charge on any atom is -0.143 e. The molecule has 0 fully saturated rings. The van der Waals surface area contributed by atoms with Crippen LogP contribution in [0.2, 0.25) is 0 Å². The highest BCUT2D eigenvalue weighted by atomic mass is 32.2. The predicted octanol–water partition coefficient (Wildman–Crippen LogP) is 4.04. The van der Waals surface area contributed by atoms with E-state index in [-0.39, 0.29) is 0 Å². The van der Waals surface area contributed by atoms with Gasteiger partial charge in [0.05, 0.1) is 0 Å². The Morgan fingerprint density at radius 1 is 1.31 bits per heavy atom. The number of rotatable bonds is 0. The Morgan fingerprint density at radius 2 is 2.00 bits per heavy atom. The van der Waals surface area contributed by atoms with Gasteiger partial charge in [0.1, 0.15) is 0 Å². The van der Waals surface area contributed by atoms with Gasteiger partial charge in [0.15, 0.2) is 0 Å². The minimum atomic E-state index is 0.306. The highest BCUT2D eigenvalue weighted by Gasteiger charge is 2.35. The third kappa shape index (κ3) is 1.30. The maximum atomic E-state index is 2.32. The van der Waals surface area contributed by atoms with Crippen LogP contribution in [0.5, 0.6) is 0 Å². The first-order chi connectivity index (χ1) is 6.02. The Labute approximate surface area is 84.7 Å². The summed E-state index contributed by atoms with van der Waals surface area (Å²) in [5.41, 5.74) is 4.55. The van der Waals surface area contributed by atoms with Gasteiger partial charge in [0, 0.05) is 10.00 Å². The number of hydrogen-bond acceptors (Lipinski definition) is 1. The molecule has 1 unspecified atom stereocenters. The van der Waals surface area contributed by atoms with Crippen LogP contribution in [0.25, 0.3) is 0 Å². The molecule has 1 aromatic rings. The number of benzene rings is 1. The molecule has 13 heavy (non-hydrogen) atoms. The summed E-state index contributed by atoms with van der Waals surface area (Å²) in [5.74, 6) is 0. The van der Waals surface area contributed by atoms with Crippen LogP contribution in [-0.2, 0) is 4.75 Å². The molecule has 0 saturated carbocycles. The van der Waals surface area contributed by atoms with Gasteiger partial charge >= 0.3 is 0 Å². The van der Waals surface area contributed by atoms with Crippen molar-refractivity contribution in [2.24, 2.45) is 0 Å². The summed E-state index contributed by atoms with van der Waals surface area (Å²) in [7, 11) is 0. The summed E-state index contributed by atoms with van der Waals surface area (Å²) in [6.45, 7) is 9.17. The van der Waals surface area contributed by atoms with Crippen molar-refractivity contribution < 1.29 is 0 Å². The third-order valence-electron chi connectivity index (χ3n) is 2.85. The molecule has 0 radical (unpaired) electrons. The van der Waals surface area contributed by atoms with Crippen LogP contribution in [0.3, 0.4) is 0 Å². The molecule has 0 bridgehead atoms. The van der Waals surface area contributed by atoms with Gasteiger partial charge in [-0.05, 0) is 44.4 Å². The van der Waals surface area contributed by atoms with Crippen LogP contribution in [0.4, 0.5) is 0 Å². The minimum absolute atomic E-state index is 0.306. The summed E-state index contributed by atoms with van der Waals surface area (Å²) in [5, 5.41) is 0.659. The molecule has 0 spiro atoms. The fourth-order valence-corrected chi connectivity index (χ4v) is 3.93. The summed E-state index contributed by atoms with van der Waals surface area (Å²) < 4.78 is 0.306. The zero-order chi connectivity index (χ0) is 9.64. The average Bonchev–Trinajstić information content (AvgIpc) is 2.24. The number of aryl methyl sites for hydroxylation is 1. The van der Waals surface area contributed by atoms with Crippen LogP contribution in [0.1, 0.15) is 42.7 Å². The van der Waals surface area contributed by atoms with Gasteiger partial charge in [0.25, 0.3) is 0 Å². The fourth-order valence-electron chi connectivity index (χ4n) is 2.31. The lowest BCUT2D eigenvalue weighted by Gasteiger charge is -2.18. The molecular formula is C12H16S. The highest BCUT2D eigenvalue weighted by molar-refractivity contribution is 8.00. The molecule has 1 heteroatoms. The molecule has 0 N–H and O–H groups in total. The van der Waals surface area contributed by atoms with Crippen LogP contribution in [-0.4, -0.2) is 0 Å². The molecule has 0 nitrogen and oxygen atoms in total. The van der Waals surface area contributed by atoms with E-state index in [0.717, 1.165) is 0 Å². The number of thioether (sulfide) groups is 1. The zero-order valence-corrected chi connectivity index (χ0v) is 9.53. The van der Waals surface area contributed by atoms with Crippen molar-refractivity contribution >= 4 is 11.8 Å². The van der Waals surface area contributed by atoms with Gasteiger partial charge in [0.2, 0.25) is 0 Å². The fraction of sp³-hybridized carbons (Fsp3) is 0.500. The molecular weight excluding hydrogens is 176 g/mol. The van der Waals surface area contributed by atoms with Gasteiger partial charge in [-0.15, -0.1) is 11.8 Å². The van der Waals surface area contributed by atoms with Crippen LogP contribution >= 0.6 is 11.8 Å². The summed E-state index contributed by atoms with van der Waals surface area (Å²) in [6.07, 6.45) is 0. The number of hydrogen-bond donors (Lipinski definition) is 0. The van der Waals surface area contributed by atoms with Crippen LogP contribution in [0, 0.1) is 6.92 Å². The van der Waals surface area contributed by atoms with E-state index in [0.29, 0.717) is 10.00 Å². The molecule has 70 valence electrons. The maximum absolute atomic E-state index is 2.32. The summed E-state index contributed by atoms with van der Waals surface area (Å²) >= 11 is 2.07. The smallest absolute Gasteiger partial charge is 0.0361 e. The Morgan fingerprint density at radius 3 is 2.62 bits per heavy atom. The van der Waals surface area contributed by atoms with Crippen molar-refractivity contribution in [1.82, 2.24) is 0 Å². The second-order valence-corrected chi connectivity index (χ2v) is 6.27. The van der Waals surface area contributed by atoms with E-state index in [1.165, 1.54) is 11.1 Å². The second-order valence-electron chi connectivity index (χ2n) is 4.31. The van der Waals surface area contributed by atoms with Crippen molar-refractivity contribution in [3.05, 3.63) is 34.9 Å². The van der Waals surface area contributed by atoms with E-state index in [2.05, 4.69) is 57.7 Å². The van der Waals surface area contributed by atoms with Gasteiger partial charge < -0.3 is 0 Å². The van der Waals surface area contributed by atoms with E-state index < -0.39 is 0 Å². The lowest BCUT2D eigenvalue weighted by Crippen LogP contribution is -2.07. The van der Waals surface area contributed by atoms with Crippen molar-refractivity contribution in [3.8, 4) is 0 Å². The highest BCUT2D eigenvalue weighted by Crippen LogP contribution is 2.54. The van der Waals surface area contributed by atoms with Gasteiger partial charge in [-0.2, -0.15) is 0 Å². The second kappa shape index (κ2) is 2.78. The Balaban J connectivity index is 2.65. The van der Waals surface area contributed by atoms with E-state index in [1.54, 1.807) is 5.56 Å². The SMILES string of the molecule is Cc1cccc2c1C(C)SC2(C)C. The first-order valence-corrected chi connectivity index (χ1v) is 5.68. The van der Waals surface area contributed by atoms with Gasteiger partial charge in [-0.3, -0.25) is 0 Å². The Bertz CT molecular complexity index is 339. The Hall–Kier alpha value is -0.430. The van der Waals surface area contributed by atoms with E-state index in [4.69, 9.17) is 0 Å². The molecule has 0 amide bonds. The van der Waals surface area contributed by atoms with E-state index in [9.17, 15) is 0 Å². The van der Waals surface area contributed by atoms with Crippen molar-refractivity contribution in [1.29, 1.82) is 0 Å². The van der Waals surface area contributed by atoms with E-state index in [1.807, 2.05) is 0 Å². The normalized spacial score (nSPS) is 24.5. The molecule has 1 aliphatic heterocycles. The molecule has 2 rings (SSSR count). The van der Waals surface area contributed by atoms with Gasteiger partial charge in [-0.25, -0.2) is 0 Å². The van der Waals surface area contributed by atoms with Crippen molar-refractivity contribution in [2.75, 3.05) is 0 Å². The van der Waals surface area contributed by atoms with Crippen LogP contribution < -0.4 is 0 Å². The molecule has 0 aromatic heterocycles. The molecule has 1 heterocycles. The molecule has 0 aliphatic carbocycles. The first kappa shape index (κ1) is 9.14. The van der Waals surface area contributed by atoms with E-state index >= 15 is 0 Å². The largest absolute Gasteiger partial charge is 0.143 e. The molecule has 0 saturated heterocycles. The first-order valence-electron chi connectivity index (χ1n) is 4.80. The summed E-state index contributed by atoms with van der Waals surface area (Å²) in [6, 6.07) is 6.67. The quantitative estimate of drug-likeness (QED) is 0.598. The maximum Gasteiger partial charge on any atom is 0.0361 e. The number of fused-ring (bicyclic) bond motifs is 1.